The first-order valence-corrected chi connectivity index (χ1v) is 7.89. The van der Waals surface area contributed by atoms with Crippen LogP contribution in [0.15, 0.2) is 53.4 Å². The normalized spacial score (nSPS) is 12.2. The van der Waals surface area contributed by atoms with E-state index in [9.17, 15) is 9.00 Å². The van der Waals surface area contributed by atoms with Crippen molar-refractivity contribution in [1.82, 2.24) is 9.97 Å². The molecule has 0 saturated heterocycles. The Morgan fingerprint density at radius 3 is 2.52 bits per heavy atom. The fourth-order valence-corrected chi connectivity index (χ4v) is 2.51. The van der Waals surface area contributed by atoms with Gasteiger partial charge in [-0.25, -0.2) is 4.98 Å². The molecule has 0 bridgehead atoms. The Morgan fingerprint density at radius 2 is 1.86 bits per heavy atom. The summed E-state index contributed by atoms with van der Waals surface area (Å²) in [6.07, 6.45) is 1.60. The van der Waals surface area contributed by atoms with Crippen LogP contribution in [0.2, 0.25) is 0 Å². The summed E-state index contributed by atoms with van der Waals surface area (Å²) in [5.74, 6) is 0.145. The molecule has 0 aliphatic carbocycles. The van der Waals surface area contributed by atoms with Gasteiger partial charge in [-0.1, -0.05) is 12.1 Å². The number of anilines is 1. The third kappa shape index (κ3) is 2.85. The maximum absolute atomic E-state index is 12.1. The Labute approximate surface area is 123 Å². The van der Waals surface area contributed by atoms with E-state index in [1.807, 2.05) is 24.3 Å². The number of carbonyl (C=O) groups is 1. The van der Waals surface area contributed by atoms with Crippen molar-refractivity contribution in [3.63, 3.8) is 0 Å². The van der Waals surface area contributed by atoms with Gasteiger partial charge in [0.15, 0.2) is 0 Å². The van der Waals surface area contributed by atoms with Crippen molar-refractivity contribution in [2.75, 3.05) is 11.6 Å². The zero-order chi connectivity index (χ0) is 14.8. The Kier molecular flexibility index (Phi) is 3.53. The van der Waals surface area contributed by atoms with Crippen molar-refractivity contribution in [1.29, 1.82) is 0 Å². The van der Waals surface area contributed by atoms with Crippen LogP contribution in [-0.4, -0.2) is 26.3 Å². The second-order valence-corrected chi connectivity index (χ2v) is 5.91. The highest BCUT2D eigenvalue weighted by Crippen LogP contribution is 2.14. The second-order valence-electron chi connectivity index (χ2n) is 4.54. The smallest absolute Gasteiger partial charge is 0.257 e. The van der Waals surface area contributed by atoms with Crippen LogP contribution in [0.5, 0.6) is 0 Å². The third-order valence-electron chi connectivity index (χ3n) is 3.07. The minimum atomic E-state index is -1.05. The van der Waals surface area contributed by atoms with Gasteiger partial charge in [-0.3, -0.25) is 14.3 Å². The van der Waals surface area contributed by atoms with Gasteiger partial charge in [-0.2, -0.15) is 0 Å². The van der Waals surface area contributed by atoms with Gasteiger partial charge < -0.3 is 4.98 Å². The van der Waals surface area contributed by atoms with Crippen LogP contribution in [0.3, 0.4) is 0 Å². The van der Waals surface area contributed by atoms with Crippen LogP contribution in [0.25, 0.3) is 11.0 Å². The average molecular weight is 299 g/mol. The van der Waals surface area contributed by atoms with E-state index >= 15 is 0 Å². The van der Waals surface area contributed by atoms with E-state index in [1.54, 1.807) is 30.5 Å². The zero-order valence-electron chi connectivity index (χ0n) is 11.3. The first-order valence-electron chi connectivity index (χ1n) is 6.33. The van der Waals surface area contributed by atoms with E-state index in [1.165, 1.54) is 0 Å². The number of aromatic nitrogens is 2. The molecule has 2 aromatic carbocycles. The lowest BCUT2D eigenvalue weighted by molar-refractivity contribution is 0.102. The molecule has 0 unspecified atom stereocenters. The Balaban J connectivity index is 1.80. The number of nitrogens with zero attached hydrogens (tertiary/aromatic N) is 1. The summed E-state index contributed by atoms with van der Waals surface area (Å²) in [5, 5.41) is 2.71. The largest absolute Gasteiger partial charge is 0.324 e. The Bertz CT molecular complexity index is 791. The molecule has 0 radical (unpaired) electrons. The maximum Gasteiger partial charge on any atom is 0.257 e. The van der Waals surface area contributed by atoms with Gasteiger partial charge >= 0.3 is 0 Å². The number of rotatable bonds is 3. The number of amides is 1. The molecule has 0 aliphatic rings. The standard InChI is InChI=1S/C15H13N3O2S/c1-21(20)11-8-6-10(7-9-11)14(19)18-15-16-12-4-2-3-5-13(12)17-15/h2-9H,1H3,(H2,16,17,18,19)/t21-/m1/s1. The predicted molar refractivity (Wildman–Crippen MR) is 82.8 cm³/mol. The van der Waals surface area contributed by atoms with E-state index in [4.69, 9.17) is 0 Å². The van der Waals surface area contributed by atoms with Crippen LogP contribution in [0.4, 0.5) is 5.95 Å². The molecule has 5 nitrogen and oxygen atoms in total. The van der Waals surface area contributed by atoms with E-state index in [0.717, 1.165) is 11.0 Å². The van der Waals surface area contributed by atoms with Gasteiger partial charge in [0.1, 0.15) is 0 Å². The van der Waals surface area contributed by atoms with Crippen molar-refractivity contribution in [3.05, 3.63) is 54.1 Å². The minimum absolute atomic E-state index is 0.262. The number of para-hydroxylation sites is 2. The molecular formula is C15H13N3O2S. The van der Waals surface area contributed by atoms with Crippen molar-refractivity contribution >= 4 is 33.7 Å². The Hall–Kier alpha value is -2.47. The summed E-state index contributed by atoms with van der Waals surface area (Å²) in [6, 6.07) is 14.2. The van der Waals surface area contributed by atoms with Crippen molar-refractivity contribution in [2.24, 2.45) is 0 Å². The molecule has 3 aromatic rings. The molecule has 6 heteroatoms. The molecule has 0 spiro atoms. The number of imidazole rings is 1. The summed E-state index contributed by atoms with van der Waals surface area (Å²) in [6.45, 7) is 0. The van der Waals surface area contributed by atoms with Crippen LogP contribution in [-0.2, 0) is 10.8 Å². The molecule has 1 aromatic heterocycles. The van der Waals surface area contributed by atoms with Gasteiger partial charge in [-0.05, 0) is 36.4 Å². The highest BCUT2D eigenvalue weighted by Gasteiger charge is 2.09. The van der Waals surface area contributed by atoms with E-state index in [-0.39, 0.29) is 5.91 Å². The number of carbonyl (C=O) groups excluding carboxylic acids is 1. The number of hydrogen-bond acceptors (Lipinski definition) is 3. The number of aromatic amines is 1. The number of nitrogens with one attached hydrogen (secondary N) is 2. The van der Waals surface area contributed by atoms with Crippen LogP contribution < -0.4 is 5.32 Å². The summed E-state index contributed by atoms with van der Waals surface area (Å²) in [4.78, 5) is 20.1. The van der Waals surface area contributed by atoms with Gasteiger partial charge in [0.25, 0.3) is 5.91 Å². The molecule has 0 saturated carbocycles. The van der Waals surface area contributed by atoms with Gasteiger partial charge in [0, 0.05) is 27.5 Å². The molecule has 1 atom stereocenters. The summed E-state index contributed by atoms with van der Waals surface area (Å²) in [5.41, 5.74) is 2.15. The molecule has 1 heterocycles. The lowest BCUT2D eigenvalue weighted by atomic mass is 10.2. The van der Waals surface area contributed by atoms with Crippen LogP contribution in [0, 0.1) is 0 Å². The quantitative estimate of drug-likeness (QED) is 0.780. The van der Waals surface area contributed by atoms with Crippen molar-refractivity contribution < 1.29 is 9.00 Å². The fourth-order valence-electron chi connectivity index (χ4n) is 1.99. The molecule has 1 amide bonds. The van der Waals surface area contributed by atoms with E-state index in [2.05, 4.69) is 15.3 Å². The predicted octanol–water partition coefficient (Wildman–Crippen LogP) is 2.55. The first kappa shape index (κ1) is 13.5. The highest BCUT2D eigenvalue weighted by atomic mass is 32.2. The van der Waals surface area contributed by atoms with Crippen molar-refractivity contribution in [3.8, 4) is 0 Å². The zero-order valence-corrected chi connectivity index (χ0v) is 12.1. The van der Waals surface area contributed by atoms with Gasteiger partial charge in [-0.15, -0.1) is 0 Å². The van der Waals surface area contributed by atoms with Crippen LogP contribution >= 0.6 is 0 Å². The SMILES string of the molecule is C[S@@](=O)c1ccc(C(=O)Nc2nc3ccccc3[nH]2)cc1. The summed E-state index contributed by atoms with van der Waals surface area (Å²) in [7, 11) is -1.05. The first-order chi connectivity index (χ1) is 10.1. The number of H-pyrrole nitrogens is 1. The third-order valence-corrected chi connectivity index (χ3v) is 4.01. The molecule has 0 fully saturated rings. The molecule has 106 valence electrons. The lowest BCUT2D eigenvalue weighted by Gasteiger charge is -2.02. The highest BCUT2D eigenvalue weighted by molar-refractivity contribution is 7.84. The molecule has 0 aliphatic heterocycles. The monoisotopic (exact) mass is 299 g/mol. The number of fused-ring (bicyclic) bond motifs is 1. The van der Waals surface area contributed by atoms with E-state index < -0.39 is 10.8 Å². The summed E-state index contributed by atoms with van der Waals surface area (Å²) < 4.78 is 11.3. The van der Waals surface area contributed by atoms with Gasteiger partial charge in [0.05, 0.1) is 11.0 Å². The maximum atomic E-state index is 12.1. The molecule has 3 rings (SSSR count). The average Bonchev–Trinajstić information content (AvgIpc) is 2.89. The molecular weight excluding hydrogens is 286 g/mol. The molecule has 21 heavy (non-hydrogen) atoms. The second kappa shape index (κ2) is 5.49. The van der Waals surface area contributed by atoms with E-state index in [0.29, 0.717) is 16.4 Å². The topological polar surface area (TPSA) is 74.8 Å². The fraction of sp³-hybridized carbons (Fsp3) is 0.0667. The lowest BCUT2D eigenvalue weighted by Crippen LogP contribution is -2.12. The minimum Gasteiger partial charge on any atom is -0.324 e. The summed E-state index contributed by atoms with van der Waals surface area (Å²) >= 11 is 0. The number of hydrogen-bond donors (Lipinski definition) is 2. The van der Waals surface area contributed by atoms with Crippen LogP contribution in [0.1, 0.15) is 10.4 Å². The van der Waals surface area contributed by atoms with Gasteiger partial charge in [0.2, 0.25) is 5.95 Å². The molecule has 2 N–H and O–H groups in total. The number of benzene rings is 2. The van der Waals surface area contributed by atoms with Crippen molar-refractivity contribution in [2.45, 2.75) is 4.90 Å². The Morgan fingerprint density at radius 1 is 1.14 bits per heavy atom.